The van der Waals surface area contributed by atoms with Gasteiger partial charge in [-0.1, -0.05) is 6.92 Å². The van der Waals surface area contributed by atoms with Crippen molar-refractivity contribution in [3.8, 4) is 0 Å². The van der Waals surface area contributed by atoms with Gasteiger partial charge < -0.3 is 4.74 Å². The van der Waals surface area contributed by atoms with E-state index in [4.69, 9.17) is 4.74 Å². The monoisotopic (exact) mass is 198 g/mol. The minimum absolute atomic E-state index is 0.0368. The molecule has 1 aliphatic carbocycles. The molecule has 0 aromatic carbocycles. The molecule has 80 valence electrons. The second-order valence-electron chi connectivity index (χ2n) is 4.14. The van der Waals surface area contributed by atoms with E-state index < -0.39 is 5.41 Å². The van der Waals surface area contributed by atoms with Crippen LogP contribution in [0.25, 0.3) is 0 Å². The molecule has 0 unspecified atom stereocenters. The molecule has 0 heterocycles. The predicted molar refractivity (Wildman–Crippen MR) is 52.8 cm³/mol. The molecule has 3 heteroatoms. The van der Waals surface area contributed by atoms with Crippen molar-refractivity contribution in [2.75, 3.05) is 6.61 Å². The predicted octanol–water partition coefficient (Wildman–Crippen LogP) is 1.94. The SMILES string of the molecule is CCOC(=O)[C@]1(C)C(=O)CCC[C@H]1C. The van der Waals surface area contributed by atoms with Gasteiger partial charge in [-0.25, -0.2) is 0 Å². The first kappa shape index (κ1) is 11.2. The first-order valence-corrected chi connectivity index (χ1v) is 5.24. The van der Waals surface area contributed by atoms with Crippen LogP contribution in [0, 0.1) is 11.3 Å². The lowest BCUT2D eigenvalue weighted by atomic mass is 9.67. The number of hydrogen-bond donors (Lipinski definition) is 0. The van der Waals surface area contributed by atoms with Gasteiger partial charge >= 0.3 is 5.97 Å². The molecular formula is C11H18O3. The summed E-state index contributed by atoms with van der Waals surface area (Å²) in [4.78, 5) is 23.4. The molecule has 3 nitrogen and oxygen atoms in total. The molecule has 0 saturated heterocycles. The van der Waals surface area contributed by atoms with Crippen LogP contribution in [0.15, 0.2) is 0 Å². The van der Waals surface area contributed by atoms with E-state index >= 15 is 0 Å². The lowest BCUT2D eigenvalue weighted by Gasteiger charge is -2.35. The third-order valence-corrected chi connectivity index (χ3v) is 3.31. The summed E-state index contributed by atoms with van der Waals surface area (Å²) in [6.07, 6.45) is 2.34. The van der Waals surface area contributed by atoms with Crippen LogP contribution < -0.4 is 0 Å². The molecule has 0 aromatic rings. The Morgan fingerprint density at radius 1 is 1.64 bits per heavy atom. The summed E-state index contributed by atoms with van der Waals surface area (Å²) in [5.41, 5.74) is -0.895. The molecule has 1 aliphatic rings. The Hall–Kier alpha value is -0.860. The second kappa shape index (κ2) is 4.11. The van der Waals surface area contributed by atoms with E-state index in [9.17, 15) is 9.59 Å². The highest BCUT2D eigenvalue weighted by Crippen LogP contribution is 2.39. The van der Waals surface area contributed by atoms with E-state index in [0.717, 1.165) is 12.8 Å². The number of ether oxygens (including phenoxy) is 1. The molecule has 0 aliphatic heterocycles. The van der Waals surface area contributed by atoms with Crippen molar-refractivity contribution in [2.45, 2.75) is 40.0 Å². The lowest BCUT2D eigenvalue weighted by molar-refractivity contribution is -0.164. The first-order chi connectivity index (χ1) is 6.53. The van der Waals surface area contributed by atoms with E-state index in [0.29, 0.717) is 13.0 Å². The van der Waals surface area contributed by atoms with E-state index in [1.54, 1.807) is 13.8 Å². The highest BCUT2D eigenvalue weighted by Gasteiger charge is 2.48. The van der Waals surface area contributed by atoms with Crippen molar-refractivity contribution in [1.82, 2.24) is 0 Å². The van der Waals surface area contributed by atoms with Gasteiger partial charge in [0.15, 0.2) is 0 Å². The maximum absolute atomic E-state index is 11.7. The van der Waals surface area contributed by atoms with Crippen LogP contribution in [0.2, 0.25) is 0 Å². The molecule has 0 amide bonds. The van der Waals surface area contributed by atoms with Gasteiger partial charge in [0.2, 0.25) is 0 Å². The van der Waals surface area contributed by atoms with Gasteiger partial charge in [-0.3, -0.25) is 9.59 Å². The van der Waals surface area contributed by atoms with Gasteiger partial charge in [0.1, 0.15) is 11.2 Å². The zero-order valence-electron chi connectivity index (χ0n) is 9.13. The van der Waals surface area contributed by atoms with Crippen molar-refractivity contribution >= 4 is 11.8 Å². The van der Waals surface area contributed by atoms with Crippen LogP contribution in [0.3, 0.4) is 0 Å². The largest absolute Gasteiger partial charge is 0.465 e. The van der Waals surface area contributed by atoms with Crippen molar-refractivity contribution in [1.29, 1.82) is 0 Å². The molecule has 1 rings (SSSR count). The second-order valence-corrected chi connectivity index (χ2v) is 4.14. The van der Waals surface area contributed by atoms with Gasteiger partial charge in [0, 0.05) is 6.42 Å². The van der Waals surface area contributed by atoms with E-state index in [2.05, 4.69) is 0 Å². The van der Waals surface area contributed by atoms with Gasteiger partial charge in [0.05, 0.1) is 6.61 Å². The summed E-state index contributed by atoms with van der Waals surface area (Å²) in [6.45, 7) is 5.78. The van der Waals surface area contributed by atoms with Crippen LogP contribution in [-0.2, 0) is 14.3 Å². The van der Waals surface area contributed by atoms with E-state index in [1.807, 2.05) is 6.92 Å². The fourth-order valence-corrected chi connectivity index (χ4v) is 1.99. The number of carbonyl (C=O) groups is 2. The summed E-state index contributed by atoms with van der Waals surface area (Å²) in [5, 5.41) is 0. The first-order valence-electron chi connectivity index (χ1n) is 5.24. The topological polar surface area (TPSA) is 43.4 Å². The van der Waals surface area contributed by atoms with Crippen LogP contribution >= 0.6 is 0 Å². The van der Waals surface area contributed by atoms with Crippen LogP contribution in [-0.4, -0.2) is 18.4 Å². The average Bonchev–Trinajstić information content (AvgIpc) is 2.14. The standard InChI is InChI=1S/C11H18O3/c1-4-14-10(13)11(3)8(2)6-5-7-9(11)12/h8H,4-7H2,1-3H3/t8-,11+/m1/s1. The maximum Gasteiger partial charge on any atom is 0.319 e. The number of rotatable bonds is 2. The number of hydrogen-bond acceptors (Lipinski definition) is 3. The summed E-state index contributed by atoms with van der Waals surface area (Å²) in [6, 6.07) is 0. The molecule has 14 heavy (non-hydrogen) atoms. The molecule has 2 atom stereocenters. The third kappa shape index (κ3) is 1.68. The smallest absolute Gasteiger partial charge is 0.319 e. The zero-order valence-corrected chi connectivity index (χ0v) is 9.13. The summed E-state index contributed by atoms with van der Waals surface area (Å²) in [7, 11) is 0. The van der Waals surface area contributed by atoms with Crippen LogP contribution in [0.4, 0.5) is 0 Å². The number of ketones is 1. The molecule has 1 saturated carbocycles. The molecule has 1 fully saturated rings. The number of esters is 1. The zero-order chi connectivity index (χ0) is 10.8. The Bertz CT molecular complexity index is 247. The molecule has 0 aromatic heterocycles. The minimum atomic E-state index is -0.895. The molecule has 0 spiro atoms. The molecular weight excluding hydrogens is 180 g/mol. The maximum atomic E-state index is 11.7. The Kier molecular flexibility index (Phi) is 3.29. The fraction of sp³-hybridized carbons (Fsp3) is 0.818. The normalized spacial score (nSPS) is 32.8. The summed E-state index contributed by atoms with van der Waals surface area (Å²) < 4.78 is 4.97. The third-order valence-electron chi connectivity index (χ3n) is 3.31. The highest BCUT2D eigenvalue weighted by atomic mass is 16.5. The van der Waals surface area contributed by atoms with Gasteiger partial charge in [-0.2, -0.15) is 0 Å². The van der Waals surface area contributed by atoms with Gasteiger partial charge in [-0.15, -0.1) is 0 Å². The van der Waals surface area contributed by atoms with Crippen molar-refractivity contribution < 1.29 is 14.3 Å². The van der Waals surface area contributed by atoms with Crippen LogP contribution in [0.5, 0.6) is 0 Å². The Morgan fingerprint density at radius 2 is 2.29 bits per heavy atom. The summed E-state index contributed by atoms with van der Waals surface area (Å²) in [5.74, 6) is -0.213. The quantitative estimate of drug-likeness (QED) is 0.503. The Balaban J connectivity index is 2.86. The Labute approximate surface area is 84.8 Å². The van der Waals surface area contributed by atoms with Crippen molar-refractivity contribution in [3.05, 3.63) is 0 Å². The molecule has 0 radical (unpaired) electrons. The van der Waals surface area contributed by atoms with E-state index in [1.165, 1.54) is 0 Å². The van der Waals surface area contributed by atoms with Crippen molar-refractivity contribution in [3.63, 3.8) is 0 Å². The molecule has 0 bridgehead atoms. The van der Waals surface area contributed by atoms with Gasteiger partial charge in [0.25, 0.3) is 0 Å². The highest BCUT2D eigenvalue weighted by molar-refractivity contribution is 6.04. The minimum Gasteiger partial charge on any atom is -0.465 e. The van der Waals surface area contributed by atoms with E-state index in [-0.39, 0.29) is 17.7 Å². The molecule has 0 N–H and O–H groups in total. The Morgan fingerprint density at radius 3 is 2.79 bits per heavy atom. The van der Waals surface area contributed by atoms with Gasteiger partial charge in [-0.05, 0) is 32.6 Å². The van der Waals surface area contributed by atoms with Crippen LogP contribution in [0.1, 0.15) is 40.0 Å². The van der Waals surface area contributed by atoms with Crippen molar-refractivity contribution in [2.24, 2.45) is 11.3 Å². The number of Topliss-reactive ketones (excluding diaryl/α,β-unsaturated/α-hetero) is 1. The average molecular weight is 198 g/mol. The fourth-order valence-electron chi connectivity index (χ4n) is 1.99. The number of carbonyl (C=O) groups excluding carboxylic acids is 2. The lowest BCUT2D eigenvalue weighted by Crippen LogP contribution is -2.45. The summed E-state index contributed by atoms with van der Waals surface area (Å²) >= 11 is 0.